The molecule has 0 amide bonds. The van der Waals surface area contributed by atoms with Gasteiger partial charge < -0.3 is 14.4 Å². The van der Waals surface area contributed by atoms with Gasteiger partial charge in [-0.2, -0.15) is 0 Å². The Kier molecular flexibility index (Phi) is 6.36. The highest BCUT2D eigenvalue weighted by Crippen LogP contribution is 2.13. The fourth-order valence-electron chi connectivity index (χ4n) is 1.86. The summed E-state index contributed by atoms with van der Waals surface area (Å²) in [6.07, 6.45) is -0.116. The molecule has 1 aromatic carbocycles. The van der Waals surface area contributed by atoms with E-state index in [0.29, 0.717) is 5.56 Å². The van der Waals surface area contributed by atoms with Crippen LogP contribution in [0.25, 0.3) is 0 Å². The summed E-state index contributed by atoms with van der Waals surface area (Å²) >= 11 is 0. The number of carbonyl (C=O) groups excluding carboxylic acids is 1. The van der Waals surface area contributed by atoms with Crippen LogP contribution in [0.5, 0.6) is 5.75 Å². The first-order chi connectivity index (χ1) is 9.10. The van der Waals surface area contributed by atoms with Crippen molar-refractivity contribution in [2.45, 2.75) is 26.9 Å². The van der Waals surface area contributed by atoms with Gasteiger partial charge in [-0.15, -0.1) is 0 Å². The molecule has 0 aliphatic heterocycles. The molecule has 0 spiro atoms. The predicted molar refractivity (Wildman–Crippen MR) is 75.7 cm³/mol. The molecule has 19 heavy (non-hydrogen) atoms. The summed E-state index contributed by atoms with van der Waals surface area (Å²) in [4.78, 5) is 14.2. The van der Waals surface area contributed by atoms with Crippen LogP contribution in [-0.2, 0) is 4.74 Å². The lowest BCUT2D eigenvalue weighted by molar-refractivity contribution is 0.0260. The lowest BCUT2D eigenvalue weighted by Crippen LogP contribution is -2.33. The fourth-order valence-corrected chi connectivity index (χ4v) is 1.86. The number of hydrogen-bond acceptors (Lipinski definition) is 4. The molecule has 0 saturated carbocycles. The van der Waals surface area contributed by atoms with Gasteiger partial charge >= 0.3 is 5.97 Å². The van der Waals surface area contributed by atoms with Crippen LogP contribution in [0.4, 0.5) is 0 Å². The summed E-state index contributed by atoms with van der Waals surface area (Å²) in [5.41, 5.74) is 0.548. The number of likely N-dealkylation sites (N-methyl/N-ethyl adjacent to an activating group) is 1. The van der Waals surface area contributed by atoms with Gasteiger partial charge in [-0.25, -0.2) is 4.79 Å². The Balaban J connectivity index is 2.53. The molecule has 0 heterocycles. The standard InChI is InChI=1S/C15H23NO3/c1-5-16(6-2)11-12(3)19-15(17)13-7-9-14(18-4)10-8-13/h7-10,12H,5-6,11H2,1-4H3/t12-/m0/s1. The Bertz CT molecular complexity index is 385. The van der Waals surface area contributed by atoms with Crippen molar-refractivity contribution in [2.24, 2.45) is 0 Å². The highest BCUT2D eigenvalue weighted by molar-refractivity contribution is 5.89. The third-order valence-corrected chi connectivity index (χ3v) is 3.04. The highest BCUT2D eigenvalue weighted by atomic mass is 16.5. The van der Waals surface area contributed by atoms with Crippen LogP contribution < -0.4 is 4.74 Å². The maximum Gasteiger partial charge on any atom is 0.338 e. The minimum Gasteiger partial charge on any atom is -0.497 e. The molecule has 0 unspecified atom stereocenters. The van der Waals surface area contributed by atoms with E-state index in [1.807, 2.05) is 6.92 Å². The van der Waals surface area contributed by atoms with Gasteiger partial charge in [0.05, 0.1) is 12.7 Å². The Labute approximate surface area is 115 Å². The molecule has 0 aliphatic carbocycles. The van der Waals surface area contributed by atoms with Crippen LogP contribution >= 0.6 is 0 Å². The molecule has 0 aliphatic rings. The van der Waals surface area contributed by atoms with Crippen LogP contribution in [-0.4, -0.2) is 43.7 Å². The lowest BCUT2D eigenvalue weighted by Gasteiger charge is -2.22. The largest absolute Gasteiger partial charge is 0.497 e. The Morgan fingerprint density at radius 1 is 1.21 bits per heavy atom. The van der Waals surface area contributed by atoms with Crippen molar-refractivity contribution < 1.29 is 14.3 Å². The fraction of sp³-hybridized carbons (Fsp3) is 0.533. The number of hydrogen-bond donors (Lipinski definition) is 0. The molecule has 1 atom stereocenters. The minimum atomic E-state index is -0.290. The molecule has 0 bridgehead atoms. The van der Waals surface area contributed by atoms with Gasteiger partial charge in [-0.05, 0) is 44.3 Å². The molecular formula is C15H23NO3. The van der Waals surface area contributed by atoms with Crippen LogP contribution in [0.15, 0.2) is 24.3 Å². The van der Waals surface area contributed by atoms with Crippen molar-refractivity contribution in [3.8, 4) is 5.75 Å². The van der Waals surface area contributed by atoms with Crippen molar-refractivity contribution in [3.05, 3.63) is 29.8 Å². The second-order valence-corrected chi connectivity index (χ2v) is 4.43. The predicted octanol–water partition coefficient (Wildman–Crippen LogP) is 2.58. The molecule has 1 aromatic rings. The summed E-state index contributed by atoms with van der Waals surface area (Å²) in [5, 5.41) is 0. The molecule has 4 heteroatoms. The molecule has 1 rings (SSSR count). The van der Waals surface area contributed by atoms with E-state index >= 15 is 0 Å². The van der Waals surface area contributed by atoms with E-state index in [9.17, 15) is 4.79 Å². The van der Waals surface area contributed by atoms with E-state index in [4.69, 9.17) is 9.47 Å². The van der Waals surface area contributed by atoms with E-state index in [1.165, 1.54) is 0 Å². The molecule has 4 nitrogen and oxygen atoms in total. The zero-order chi connectivity index (χ0) is 14.3. The van der Waals surface area contributed by atoms with Crippen LogP contribution in [0.3, 0.4) is 0 Å². The number of carbonyl (C=O) groups is 1. The molecule has 0 fully saturated rings. The molecule has 0 aromatic heterocycles. The molecule has 106 valence electrons. The average Bonchev–Trinajstić information content (AvgIpc) is 2.44. The van der Waals surface area contributed by atoms with Crippen molar-refractivity contribution in [1.82, 2.24) is 4.90 Å². The maximum absolute atomic E-state index is 11.9. The number of rotatable bonds is 7. The molecule has 0 radical (unpaired) electrons. The molecule has 0 saturated heterocycles. The monoisotopic (exact) mass is 265 g/mol. The lowest BCUT2D eigenvalue weighted by atomic mass is 10.2. The summed E-state index contributed by atoms with van der Waals surface area (Å²) in [5.74, 6) is 0.440. The van der Waals surface area contributed by atoms with E-state index in [0.717, 1.165) is 25.4 Å². The number of benzene rings is 1. The summed E-state index contributed by atoms with van der Waals surface area (Å²) in [7, 11) is 1.60. The number of methoxy groups -OCH3 is 1. The topological polar surface area (TPSA) is 38.8 Å². The zero-order valence-corrected chi connectivity index (χ0v) is 12.2. The van der Waals surface area contributed by atoms with E-state index < -0.39 is 0 Å². The SMILES string of the molecule is CCN(CC)C[C@H](C)OC(=O)c1ccc(OC)cc1. The van der Waals surface area contributed by atoms with Crippen molar-refractivity contribution in [2.75, 3.05) is 26.7 Å². The highest BCUT2D eigenvalue weighted by Gasteiger charge is 2.14. The zero-order valence-electron chi connectivity index (χ0n) is 12.2. The van der Waals surface area contributed by atoms with Crippen molar-refractivity contribution >= 4 is 5.97 Å². The number of nitrogens with zero attached hydrogens (tertiary/aromatic N) is 1. The van der Waals surface area contributed by atoms with Gasteiger partial charge in [0.1, 0.15) is 11.9 Å². The van der Waals surface area contributed by atoms with Gasteiger partial charge in [-0.3, -0.25) is 0 Å². The van der Waals surface area contributed by atoms with Gasteiger partial charge in [0.15, 0.2) is 0 Å². The Morgan fingerprint density at radius 3 is 2.26 bits per heavy atom. The van der Waals surface area contributed by atoms with E-state index in [2.05, 4.69) is 18.7 Å². The normalized spacial score (nSPS) is 12.3. The van der Waals surface area contributed by atoms with Crippen LogP contribution in [0.2, 0.25) is 0 Å². The summed E-state index contributed by atoms with van der Waals surface area (Å²) < 4.78 is 10.5. The van der Waals surface area contributed by atoms with Gasteiger partial charge in [0.25, 0.3) is 0 Å². The minimum absolute atomic E-state index is 0.116. The van der Waals surface area contributed by atoms with Crippen molar-refractivity contribution in [3.63, 3.8) is 0 Å². The molecule has 0 N–H and O–H groups in total. The first-order valence-corrected chi connectivity index (χ1v) is 6.68. The van der Waals surface area contributed by atoms with Gasteiger partial charge in [0, 0.05) is 6.54 Å². The van der Waals surface area contributed by atoms with Crippen molar-refractivity contribution in [1.29, 1.82) is 0 Å². The van der Waals surface area contributed by atoms with E-state index in [-0.39, 0.29) is 12.1 Å². The Morgan fingerprint density at radius 2 is 1.79 bits per heavy atom. The first kappa shape index (κ1) is 15.5. The van der Waals surface area contributed by atoms with Gasteiger partial charge in [-0.1, -0.05) is 13.8 Å². The Hall–Kier alpha value is -1.55. The quantitative estimate of drug-likeness (QED) is 0.710. The summed E-state index contributed by atoms with van der Waals surface area (Å²) in [6, 6.07) is 6.94. The number of ether oxygens (including phenoxy) is 2. The second-order valence-electron chi connectivity index (χ2n) is 4.43. The second kappa shape index (κ2) is 7.79. The number of esters is 1. The van der Waals surface area contributed by atoms with Crippen LogP contribution in [0, 0.1) is 0 Å². The van der Waals surface area contributed by atoms with Crippen LogP contribution in [0.1, 0.15) is 31.1 Å². The first-order valence-electron chi connectivity index (χ1n) is 6.68. The maximum atomic E-state index is 11.9. The smallest absolute Gasteiger partial charge is 0.338 e. The summed E-state index contributed by atoms with van der Waals surface area (Å²) in [6.45, 7) is 8.79. The molecular weight excluding hydrogens is 242 g/mol. The van der Waals surface area contributed by atoms with E-state index in [1.54, 1.807) is 31.4 Å². The average molecular weight is 265 g/mol. The van der Waals surface area contributed by atoms with Gasteiger partial charge in [0.2, 0.25) is 0 Å². The third-order valence-electron chi connectivity index (χ3n) is 3.04. The third kappa shape index (κ3) is 4.91.